The Bertz CT molecular complexity index is 3190. The molecule has 11 aromatic rings. The number of rotatable bonds is 5. The Hall–Kier alpha value is -6.33. The summed E-state index contributed by atoms with van der Waals surface area (Å²) >= 11 is 8.60. The molecule has 0 fully saturated rings. The zero-order chi connectivity index (χ0) is 35.0. The van der Waals surface area contributed by atoms with Crippen molar-refractivity contribution in [2.45, 2.75) is 0 Å². The summed E-state index contributed by atoms with van der Waals surface area (Å²) in [5, 5.41) is 9.17. The SMILES string of the molecule is Clc1ccc2c(c1)c1c3ccc(N(c4ccc5sc6ccccc6c5c4)c4cccc5ccccc45)cc3n(-c3ccccc3)c1n2-c1ccccc1. The fourth-order valence-corrected chi connectivity index (χ4v) is 9.52. The van der Waals surface area contributed by atoms with Crippen LogP contribution >= 0.6 is 22.9 Å². The third-order valence-electron chi connectivity index (χ3n) is 10.5. The van der Waals surface area contributed by atoms with Gasteiger partial charge in [-0.25, -0.2) is 0 Å². The standard InChI is InChI=1S/C48H30ClN3S/c49-32-22-26-43-41(28-32)47-39-25-23-36(30-44(39)52(34-16-5-2-6-17-34)48(47)51(43)33-14-3-1-4-15-33)50(42-20-11-13-31-12-7-8-18-37(31)42)35-24-27-46-40(29-35)38-19-9-10-21-45(38)53-46/h1-30H. The maximum atomic E-state index is 6.75. The van der Waals surface area contributed by atoms with E-state index in [0.717, 1.165) is 55.5 Å². The number of halogens is 1. The Morgan fingerprint density at radius 1 is 0.434 bits per heavy atom. The van der Waals surface area contributed by atoms with Gasteiger partial charge in [-0.1, -0.05) is 109 Å². The molecule has 0 radical (unpaired) electrons. The maximum absolute atomic E-state index is 6.75. The Balaban J connectivity index is 1.26. The average Bonchev–Trinajstić information content (AvgIpc) is 3.85. The molecule has 0 saturated carbocycles. The molecule has 53 heavy (non-hydrogen) atoms. The van der Waals surface area contributed by atoms with E-state index in [1.54, 1.807) is 0 Å². The van der Waals surface area contributed by atoms with Gasteiger partial charge in [0.25, 0.3) is 0 Å². The predicted molar refractivity (Wildman–Crippen MR) is 228 cm³/mol. The first kappa shape index (κ1) is 30.3. The van der Waals surface area contributed by atoms with Crippen LogP contribution in [0.5, 0.6) is 0 Å². The summed E-state index contributed by atoms with van der Waals surface area (Å²) in [7, 11) is 0. The molecule has 3 heterocycles. The van der Waals surface area contributed by atoms with Gasteiger partial charge in [0.2, 0.25) is 0 Å². The van der Waals surface area contributed by atoms with Gasteiger partial charge in [-0.15, -0.1) is 11.3 Å². The van der Waals surface area contributed by atoms with Gasteiger partial charge in [-0.3, -0.25) is 9.13 Å². The molecule has 0 saturated heterocycles. The van der Waals surface area contributed by atoms with Gasteiger partial charge in [-0.05, 0) is 90.3 Å². The minimum absolute atomic E-state index is 0.723. The highest BCUT2D eigenvalue weighted by atomic mass is 35.5. The zero-order valence-corrected chi connectivity index (χ0v) is 30.0. The van der Waals surface area contributed by atoms with E-state index in [1.807, 2.05) is 17.4 Å². The van der Waals surface area contributed by atoms with Crippen molar-refractivity contribution in [3.63, 3.8) is 0 Å². The number of aromatic nitrogens is 2. The van der Waals surface area contributed by atoms with Crippen molar-refractivity contribution in [1.82, 2.24) is 9.13 Å². The first-order valence-corrected chi connectivity index (χ1v) is 19.0. The second-order valence-electron chi connectivity index (χ2n) is 13.5. The summed E-state index contributed by atoms with van der Waals surface area (Å²) in [6.45, 7) is 0. The van der Waals surface area contributed by atoms with Gasteiger partial charge in [0, 0.05) is 69.5 Å². The molecule has 0 spiro atoms. The molecular formula is C48H30ClN3S. The van der Waals surface area contributed by atoms with Crippen molar-refractivity contribution >= 4 is 104 Å². The summed E-state index contributed by atoms with van der Waals surface area (Å²) < 4.78 is 7.39. The van der Waals surface area contributed by atoms with Crippen LogP contribution in [0.15, 0.2) is 182 Å². The maximum Gasteiger partial charge on any atom is 0.131 e. The minimum Gasteiger partial charge on any atom is -0.310 e. The van der Waals surface area contributed by atoms with Crippen molar-refractivity contribution in [3.8, 4) is 11.4 Å². The number of fused-ring (bicyclic) bond motifs is 9. The fourth-order valence-electron chi connectivity index (χ4n) is 8.26. The Labute approximate surface area is 314 Å². The quantitative estimate of drug-likeness (QED) is 0.173. The van der Waals surface area contributed by atoms with Crippen LogP contribution in [0.3, 0.4) is 0 Å². The van der Waals surface area contributed by atoms with Crippen LogP contribution in [0.25, 0.3) is 75.2 Å². The molecule has 5 heteroatoms. The van der Waals surface area contributed by atoms with Crippen LogP contribution in [0.4, 0.5) is 17.1 Å². The Morgan fingerprint density at radius 2 is 1.08 bits per heavy atom. The lowest BCUT2D eigenvalue weighted by Crippen LogP contribution is -2.10. The highest BCUT2D eigenvalue weighted by Crippen LogP contribution is 2.46. The van der Waals surface area contributed by atoms with E-state index in [0.29, 0.717) is 0 Å². The van der Waals surface area contributed by atoms with E-state index in [9.17, 15) is 0 Å². The molecule has 250 valence electrons. The highest BCUT2D eigenvalue weighted by molar-refractivity contribution is 7.25. The van der Waals surface area contributed by atoms with Gasteiger partial charge < -0.3 is 4.90 Å². The van der Waals surface area contributed by atoms with E-state index in [1.165, 1.54) is 41.7 Å². The van der Waals surface area contributed by atoms with Crippen molar-refractivity contribution in [2.24, 2.45) is 0 Å². The largest absolute Gasteiger partial charge is 0.310 e. The summed E-state index contributed by atoms with van der Waals surface area (Å²) in [6.07, 6.45) is 0. The monoisotopic (exact) mass is 715 g/mol. The number of anilines is 3. The molecule has 11 rings (SSSR count). The van der Waals surface area contributed by atoms with Crippen LogP contribution in [0, 0.1) is 0 Å². The van der Waals surface area contributed by atoms with Gasteiger partial charge in [0.1, 0.15) is 5.65 Å². The molecular weight excluding hydrogens is 686 g/mol. The fraction of sp³-hybridized carbons (Fsp3) is 0. The van der Waals surface area contributed by atoms with Crippen LogP contribution in [-0.2, 0) is 0 Å². The smallest absolute Gasteiger partial charge is 0.131 e. The second-order valence-corrected chi connectivity index (χ2v) is 15.0. The number of hydrogen-bond acceptors (Lipinski definition) is 2. The van der Waals surface area contributed by atoms with E-state index in [2.05, 4.69) is 190 Å². The van der Waals surface area contributed by atoms with Crippen molar-refractivity contribution in [2.75, 3.05) is 4.90 Å². The molecule has 0 aliphatic rings. The lowest BCUT2D eigenvalue weighted by Gasteiger charge is -2.27. The number of thiophene rings is 1. The molecule has 0 bridgehead atoms. The molecule has 0 aliphatic heterocycles. The second kappa shape index (κ2) is 11.9. The summed E-state index contributed by atoms with van der Waals surface area (Å²) in [5.74, 6) is 0. The number of benzene rings is 8. The molecule has 0 unspecified atom stereocenters. The van der Waals surface area contributed by atoms with Gasteiger partial charge in [0.05, 0.1) is 16.7 Å². The Morgan fingerprint density at radius 3 is 1.89 bits per heavy atom. The van der Waals surface area contributed by atoms with Crippen molar-refractivity contribution in [1.29, 1.82) is 0 Å². The van der Waals surface area contributed by atoms with Crippen LogP contribution < -0.4 is 4.90 Å². The summed E-state index contributed by atoms with van der Waals surface area (Å²) in [6, 6.07) is 65.5. The predicted octanol–water partition coefficient (Wildman–Crippen LogP) is 14.4. The number of para-hydroxylation sites is 2. The molecule has 0 atom stereocenters. The van der Waals surface area contributed by atoms with Crippen LogP contribution in [-0.4, -0.2) is 9.13 Å². The van der Waals surface area contributed by atoms with Crippen LogP contribution in [0.1, 0.15) is 0 Å². The molecule has 3 aromatic heterocycles. The number of nitrogens with zero attached hydrogens (tertiary/aromatic N) is 3. The molecule has 0 aliphatic carbocycles. The first-order chi connectivity index (χ1) is 26.2. The molecule has 0 amide bonds. The van der Waals surface area contributed by atoms with E-state index in [-0.39, 0.29) is 0 Å². The highest BCUT2D eigenvalue weighted by Gasteiger charge is 2.24. The molecule has 3 nitrogen and oxygen atoms in total. The topological polar surface area (TPSA) is 13.1 Å². The van der Waals surface area contributed by atoms with Crippen molar-refractivity contribution in [3.05, 3.63) is 187 Å². The van der Waals surface area contributed by atoms with Gasteiger partial charge in [0.15, 0.2) is 0 Å². The van der Waals surface area contributed by atoms with E-state index >= 15 is 0 Å². The normalized spacial score (nSPS) is 11.9. The minimum atomic E-state index is 0.723. The van der Waals surface area contributed by atoms with E-state index < -0.39 is 0 Å². The van der Waals surface area contributed by atoms with Gasteiger partial charge in [-0.2, -0.15) is 0 Å². The molecule has 8 aromatic carbocycles. The van der Waals surface area contributed by atoms with E-state index in [4.69, 9.17) is 11.6 Å². The Kier molecular flexibility index (Phi) is 6.78. The van der Waals surface area contributed by atoms with Crippen molar-refractivity contribution < 1.29 is 0 Å². The first-order valence-electron chi connectivity index (χ1n) is 17.8. The summed E-state index contributed by atoms with van der Waals surface area (Å²) in [5.41, 5.74) is 8.88. The number of hydrogen-bond donors (Lipinski definition) is 0. The van der Waals surface area contributed by atoms with Gasteiger partial charge >= 0.3 is 0 Å². The molecule has 0 N–H and O–H groups in total. The lowest BCUT2D eigenvalue weighted by atomic mass is 10.0. The summed E-state index contributed by atoms with van der Waals surface area (Å²) in [4.78, 5) is 2.43. The zero-order valence-electron chi connectivity index (χ0n) is 28.4. The average molecular weight is 716 g/mol. The lowest BCUT2D eigenvalue weighted by molar-refractivity contribution is 1.07. The third-order valence-corrected chi connectivity index (χ3v) is 11.9. The third kappa shape index (κ3) is 4.66. The van der Waals surface area contributed by atoms with Crippen LogP contribution in [0.2, 0.25) is 5.02 Å².